The molecule has 4 unspecified atom stereocenters. The first kappa shape index (κ1) is 37.6. The number of hydrogen-bond acceptors (Lipinski definition) is 12. The molecule has 1 aliphatic carbocycles. The zero-order chi connectivity index (χ0) is 32.6. The lowest BCUT2D eigenvalue weighted by atomic mass is 9.21. The maximum atomic E-state index is 14.0. The number of carbonyl (C=O) groups excluding carboxylic acids is 1. The number of nitrogens with two attached hydrogens (primary N) is 1. The molecule has 1 amide bonds. The number of amides is 1. The van der Waals surface area contributed by atoms with Crippen LogP contribution < -0.4 is 5.73 Å². The van der Waals surface area contributed by atoms with E-state index in [0.717, 1.165) is 0 Å². The molecule has 0 bridgehead atoms. The minimum atomic E-state index is -3.10. The van der Waals surface area contributed by atoms with E-state index in [1.807, 2.05) is 0 Å². The van der Waals surface area contributed by atoms with Crippen LogP contribution in [0.2, 0.25) is 0 Å². The number of carboxylic acid groups (broad SMARTS) is 3. The molecule has 0 aromatic carbocycles. The number of carbonyl (C=O) groups is 4. The Hall–Kier alpha value is -2.44. The van der Waals surface area contributed by atoms with Gasteiger partial charge in [0, 0.05) is 63.7 Å². The molecule has 1 saturated carbocycles. The summed E-state index contributed by atoms with van der Waals surface area (Å²) in [7, 11) is 0. The number of aliphatic carboxylic acids is 3. The van der Waals surface area contributed by atoms with Gasteiger partial charge in [0.2, 0.25) is 5.91 Å². The highest BCUT2D eigenvalue weighted by atomic mass is 16.4. The molecule has 42 heavy (non-hydrogen) atoms. The van der Waals surface area contributed by atoms with Gasteiger partial charge in [-0.2, -0.15) is 0 Å². The Balaban J connectivity index is 5.32. The predicted octanol–water partition coefficient (Wildman–Crippen LogP) is -3.28. The summed E-state index contributed by atoms with van der Waals surface area (Å²) in [5.74, 6) is -7.65. The maximum absolute atomic E-state index is 14.0. The number of carboxylic acids is 3. The van der Waals surface area contributed by atoms with Crippen LogP contribution in [0.4, 0.5) is 0 Å². The van der Waals surface area contributed by atoms with Gasteiger partial charge in [-0.1, -0.05) is 0 Å². The molecule has 1 fully saturated rings. The highest BCUT2D eigenvalue weighted by molar-refractivity contribution is 5.98. The smallest absolute Gasteiger partial charge is 0.311 e. The van der Waals surface area contributed by atoms with Crippen molar-refractivity contribution in [3.63, 3.8) is 0 Å². The molecule has 0 saturated heterocycles. The Morgan fingerprint density at radius 3 is 0.762 bits per heavy atom. The largest absolute Gasteiger partial charge is 0.481 e. The monoisotopic (exact) mass is 611 g/mol. The van der Waals surface area contributed by atoms with Crippen LogP contribution in [0.5, 0.6) is 0 Å². The summed E-state index contributed by atoms with van der Waals surface area (Å²) < 4.78 is 0. The third-order valence-electron chi connectivity index (χ3n) is 10.3. The summed E-state index contributed by atoms with van der Waals surface area (Å²) in [5, 5.41) is 116. The van der Waals surface area contributed by atoms with E-state index < -0.39 is 161 Å². The van der Waals surface area contributed by atoms with Crippen molar-refractivity contribution in [2.45, 2.75) is 51.4 Å². The Bertz CT molecular complexity index is 823. The standard InChI is InChI=1S/C26H45NO15/c27-17(36)23(5-13-32)21(1-9-28,2-10-29)25(7-15-34,19(39)40)26(8-16-35,20(41)42)22(3-11-30,4-12-31)24(23,6-14-33)18(37)38/h28-35H,1-16H2,(H2,27,36)(H,37,38)(H,39,40)(H,41,42). The van der Waals surface area contributed by atoms with Gasteiger partial charge in [0.05, 0.1) is 21.7 Å². The molecule has 0 aromatic heterocycles. The van der Waals surface area contributed by atoms with Gasteiger partial charge < -0.3 is 61.9 Å². The first-order valence-electron chi connectivity index (χ1n) is 13.6. The first-order chi connectivity index (χ1) is 19.8. The van der Waals surface area contributed by atoms with Crippen LogP contribution in [0, 0.1) is 32.5 Å². The lowest BCUT2D eigenvalue weighted by Gasteiger charge is -2.78. The molecule has 1 rings (SSSR count). The van der Waals surface area contributed by atoms with E-state index in [-0.39, 0.29) is 0 Å². The average molecular weight is 612 g/mol. The fourth-order valence-corrected chi connectivity index (χ4v) is 9.62. The Morgan fingerprint density at radius 1 is 0.381 bits per heavy atom. The van der Waals surface area contributed by atoms with Crippen molar-refractivity contribution in [2.75, 3.05) is 52.9 Å². The molecular weight excluding hydrogens is 566 g/mol. The molecule has 4 atom stereocenters. The molecule has 1 aliphatic rings. The van der Waals surface area contributed by atoms with E-state index in [1.54, 1.807) is 0 Å². The molecule has 0 aromatic rings. The number of rotatable bonds is 20. The number of primary amides is 1. The van der Waals surface area contributed by atoms with Gasteiger partial charge in [0.25, 0.3) is 0 Å². The highest BCUT2D eigenvalue weighted by Crippen LogP contribution is 2.85. The van der Waals surface area contributed by atoms with Gasteiger partial charge in [0.1, 0.15) is 0 Å². The van der Waals surface area contributed by atoms with Crippen molar-refractivity contribution in [3.05, 3.63) is 0 Å². The molecule has 0 spiro atoms. The molecule has 0 aliphatic heterocycles. The Morgan fingerprint density at radius 2 is 0.571 bits per heavy atom. The van der Waals surface area contributed by atoms with Crippen molar-refractivity contribution in [1.29, 1.82) is 0 Å². The zero-order valence-corrected chi connectivity index (χ0v) is 23.4. The van der Waals surface area contributed by atoms with E-state index in [2.05, 4.69) is 0 Å². The van der Waals surface area contributed by atoms with Crippen LogP contribution in [-0.2, 0) is 19.2 Å². The molecule has 13 N–H and O–H groups in total. The summed E-state index contributed by atoms with van der Waals surface area (Å²) in [4.78, 5) is 55.5. The van der Waals surface area contributed by atoms with Crippen molar-refractivity contribution in [2.24, 2.45) is 38.2 Å². The van der Waals surface area contributed by atoms with E-state index in [0.29, 0.717) is 0 Å². The third-order valence-corrected chi connectivity index (χ3v) is 10.3. The van der Waals surface area contributed by atoms with E-state index in [4.69, 9.17) is 5.73 Å². The molecule has 16 nitrogen and oxygen atoms in total. The average Bonchev–Trinajstić information content (AvgIpc) is 2.90. The van der Waals surface area contributed by atoms with E-state index in [9.17, 15) is 75.3 Å². The minimum absolute atomic E-state index is 0.905. The number of hydrogen-bond donors (Lipinski definition) is 12. The van der Waals surface area contributed by atoms with Crippen LogP contribution >= 0.6 is 0 Å². The summed E-state index contributed by atoms with van der Waals surface area (Å²) in [6, 6.07) is 0. The first-order valence-corrected chi connectivity index (χ1v) is 13.6. The second-order valence-electron chi connectivity index (χ2n) is 10.9. The van der Waals surface area contributed by atoms with Gasteiger partial charge in [-0.25, -0.2) is 0 Å². The highest BCUT2D eigenvalue weighted by Gasteiger charge is 2.92. The quantitative estimate of drug-likeness (QED) is 0.0642. The van der Waals surface area contributed by atoms with Gasteiger partial charge in [-0.3, -0.25) is 19.2 Å². The molecule has 244 valence electrons. The fourth-order valence-electron chi connectivity index (χ4n) is 9.62. The summed E-state index contributed by atoms with van der Waals surface area (Å²) in [6.45, 7) is -8.52. The minimum Gasteiger partial charge on any atom is -0.481 e. The van der Waals surface area contributed by atoms with Gasteiger partial charge in [-0.05, 0) is 51.4 Å². The fraction of sp³-hybridized carbons (Fsp3) is 0.846. The van der Waals surface area contributed by atoms with Gasteiger partial charge >= 0.3 is 17.9 Å². The Labute approximate surface area is 242 Å². The molecule has 0 radical (unpaired) electrons. The van der Waals surface area contributed by atoms with E-state index >= 15 is 0 Å². The number of aliphatic hydroxyl groups is 8. The van der Waals surface area contributed by atoms with Crippen molar-refractivity contribution in [1.82, 2.24) is 0 Å². The lowest BCUT2D eigenvalue weighted by Crippen LogP contribution is -2.86. The van der Waals surface area contributed by atoms with Gasteiger partial charge in [0.15, 0.2) is 0 Å². The van der Waals surface area contributed by atoms with Crippen LogP contribution in [0.15, 0.2) is 0 Å². The second-order valence-corrected chi connectivity index (χ2v) is 10.9. The van der Waals surface area contributed by atoms with Crippen LogP contribution in [0.1, 0.15) is 51.4 Å². The van der Waals surface area contributed by atoms with Crippen LogP contribution in [0.25, 0.3) is 0 Å². The molecule has 16 heteroatoms. The maximum Gasteiger partial charge on any atom is 0.311 e. The number of aliphatic hydroxyl groups excluding tert-OH is 8. The summed E-state index contributed by atoms with van der Waals surface area (Å²) in [5.41, 5.74) is -11.6. The molecular formula is C26H45NO15. The van der Waals surface area contributed by atoms with Crippen molar-refractivity contribution < 1.29 is 75.3 Å². The Kier molecular flexibility index (Phi) is 12.8. The zero-order valence-electron chi connectivity index (χ0n) is 23.4. The normalized spacial score (nSPS) is 30.1. The third kappa shape index (κ3) is 4.34. The van der Waals surface area contributed by atoms with Crippen LogP contribution in [0.3, 0.4) is 0 Å². The topological polar surface area (TPSA) is 317 Å². The van der Waals surface area contributed by atoms with Crippen molar-refractivity contribution in [3.8, 4) is 0 Å². The van der Waals surface area contributed by atoms with Gasteiger partial charge in [-0.15, -0.1) is 0 Å². The van der Waals surface area contributed by atoms with E-state index in [1.165, 1.54) is 0 Å². The summed E-state index contributed by atoms with van der Waals surface area (Å²) in [6.07, 6.45) is -7.80. The SMILES string of the molecule is NC(=O)C1(CCO)C(CCO)(CCO)C(CCO)(C(=O)O)C(CCO)(C(=O)O)C(CCO)(CCO)C1(CCO)C(=O)O. The van der Waals surface area contributed by atoms with Crippen LogP contribution in [-0.4, -0.2) is 133 Å². The molecule has 0 heterocycles. The summed E-state index contributed by atoms with van der Waals surface area (Å²) >= 11 is 0. The van der Waals surface area contributed by atoms with Crippen molar-refractivity contribution >= 4 is 23.8 Å². The second kappa shape index (κ2) is 14.4. The predicted molar refractivity (Wildman–Crippen MR) is 140 cm³/mol. The lowest BCUT2D eigenvalue weighted by molar-refractivity contribution is -0.337.